The lowest BCUT2D eigenvalue weighted by Gasteiger charge is -2.26. The first kappa shape index (κ1) is 9.79. The quantitative estimate of drug-likeness (QED) is 0.854. The first-order valence-corrected chi connectivity index (χ1v) is 6.76. The second-order valence-corrected chi connectivity index (χ2v) is 6.05. The highest BCUT2D eigenvalue weighted by Gasteiger charge is 2.42. The van der Waals surface area contributed by atoms with Crippen LogP contribution in [0.2, 0.25) is 0 Å². The largest absolute Gasteiger partial charge is 0.392 e. The molecule has 1 N–H and O–H groups in total. The van der Waals surface area contributed by atoms with Crippen molar-refractivity contribution >= 4 is 11.3 Å². The average Bonchev–Trinajstić information content (AvgIpc) is 2.93. The van der Waals surface area contributed by atoms with Crippen LogP contribution in [0.25, 0.3) is 0 Å². The predicted octanol–water partition coefficient (Wildman–Crippen LogP) is 2.48. The molecule has 0 saturated heterocycles. The van der Waals surface area contributed by atoms with Crippen LogP contribution < -0.4 is 0 Å². The molecule has 2 nitrogen and oxygen atoms in total. The Morgan fingerprint density at radius 3 is 3.00 bits per heavy atom. The summed E-state index contributed by atoms with van der Waals surface area (Å²) in [6.45, 7) is 0. The average molecular weight is 223 g/mol. The first-order valence-electron chi connectivity index (χ1n) is 5.88. The molecule has 2 aliphatic carbocycles. The molecule has 4 atom stereocenters. The number of aromatic nitrogens is 1. The molecule has 1 heterocycles. The van der Waals surface area contributed by atoms with Crippen LogP contribution in [0.4, 0.5) is 0 Å². The van der Waals surface area contributed by atoms with Gasteiger partial charge in [-0.05, 0) is 37.0 Å². The molecule has 0 radical (unpaired) electrons. The summed E-state index contributed by atoms with van der Waals surface area (Å²) < 4.78 is 0. The number of nitrogens with zero attached hydrogens (tertiary/aromatic N) is 1. The van der Waals surface area contributed by atoms with Crippen molar-refractivity contribution in [3.63, 3.8) is 0 Å². The van der Waals surface area contributed by atoms with E-state index in [9.17, 15) is 5.11 Å². The molecule has 1 aromatic rings. The topological polar surface area (TPSA) is 33.1 Å². The van der Waals surface area contributed by atoms with Gasteiger partial charge in [0.2, 0.25) is 0 Å². The molecule has 82 valence electrons. The SMILES string of the molecule is OC(Cc1cncs1)C1CC2CCC1C2. The van der Waals surface area contributed by atoms with Crippen LogP contribution in [-0.4, -0.2) is 16.2 Å². The zero-order chi connectivity index (χ0) is 10.3. The van der Waals surface area contributed by atoms with Gasteiger partial charge in [-0.3, -0.25) is 4.98 Å². The molecule has 2 aliphatic rings. The fourth-order valence-corrected chi connectivity index (χ4v) is 4.11. The van der Waals surface area contributed by atoms with Gasteiger partial charge in [-0.25, -0.2) is 0 Å². The molecule has 0 aromatic carbocycles. The summed E-state index contributed by atoms with van der Waals surface area (Å²) in [4.78, 5) is 5.28. The van der Waals surface area contributed by atoms with Crippen molar-refractivity contribution in [3.8, 4) is 0 Å². The lowest BCUT2D eigenvalue weighted by molar-refractivity contribution is 0.0757. The van der Waals surface area contributed by atoms with E-state index in [4.69, 9.17) is 0 Å². The molecule has 2 bridgehead atoms. The maximum atomic E-state index is 10.2. The van der Waals surface area contributed by atoms with Crippen molar-refractivity contribution in [2.24, 2.45) is 17.8 Å². The molecule has 15 heavy (non-hydrogen) atoms. The van der Waals surface area contributed by atoms with Gasteiger partial charge in [0, 0.05) is 17.5 Å². The molecule has 0 amide bonds. The van der Waals surface area contributed by atoms with E-state index in [0.717, 1.165) is 18.3 Å². The van der Waals surface area contributed by atoms with E-state index in [-0.39, 0.29) is 6.10 Å². The van der Waals surface area contributed by atoms with Gasteiger partial charge < -0.3 is 5.11 Å². The Bertz CT molecular complexity index is 324. The van der Waals surface area contributed by atoms with Gasteiger partial charge >= 0.3 is 0 Å². The minimum absolute atomic E-state index is 0.124. The number of hydrogen-bond donors (Lipinski definition) is 1. The Morgan fingerprint density at radius 1 is 1.47 bits per heavy atom. The highest BCUT2D eigenvalue weighted by atomic mass is 32.1. The summed E-state index contributed by atoms with van der Waals surface area (Å²) >= 11 is 1.66. The van der Waals surface area contributed by atoms with Crippen molar-refractivity contribution in [3.05, 3.63) is 16.6 Å². The van der Waals surface area contributed by atoms with E-state index in [1.807, 2.05) is 11.7 Å². The smallest absolute Gasteiger partial charge is 0.0794 e. The van der Waals surface area contributed by atoms with Crippen molar-refractivity contribution in [1.82, 2.24) is 4.98 Å². The van der Waals surface area contributed by atoms with Gasteiger partial charge in [-0.15, -0.1) is 11.3 Å². The molecule has 2 saturated carbocycles. The highest BCUT2D eigenvalue weighted by molar-refractivity contribution is 7.09. The summed E-state index contributed by atoms with van der Waals surface area (Å²) in [6.07, 6.45) is 8.00. The predicted molar refractivity (Wildman–Crippen MR) is 60.8 cm³/mol. The first-order chi connectivity index (χ1) is 7.33. The minimum Gasteiger partial charge on any atom is -0.392 e. The fraction of sp³-hybridized carbons (Fsp3) is 0.750. The van der Waals surface area contributed by atoms with Gasteiger partial charge in [0.05, 0.1) is 11.6 Å². The van der Waals surface area contributed by atoms with Gasteiger partial charge in [0.15, 0.2) is 0 Å². The zero-order valence-corrected chi connectivity index (χ0v) is 9.62. The third kappa shape index (κ3) is 1.83. The molecule has 3 heteroatoms. The second-order valence-electron chi connectivity index (χ2n) is 5.08. The Morgan fingerprint density at radius 2 is 2.40 bits per heavy atom. The third-order valence-corrected chi connectivity index (χ3v) is 4.98. The number of rotatable bonds is 3. The molecule has 3 rings (SSSR count). The van der Waals surface area contributed by atoms with E-state index in [1.165, 1.54) is 30.6 Å². The summed E-state index contributed by atoms with van der Waals surface area (Å²) in [6, 6.07) is 0. The maximum Gasteiger partial charge on any atom is 0.0794 e. The van der Waals surface area contributed by atoms with Crippen LogP contribution in [0.3, 0.4) is 0 Å². The number of aliphatic hydroxyl groups excluding tert-OH is 1. The Labute approximate surface area is 94.4 Å². The lowest BCUT2D eigenvalue weighted by Crippen LogP contribution is -2.27. The van der Waals surface area contributed by atoms with Crippen LogP contribution in [0.1, 0.15) is 30.6 Å². The number of fused-ring (bicyclic) bond motifs is 2. The number of aliphatic hydroxyl groups is 1. The summed E-state index contributed by atoms with van der Waals surface area (Å²) in [5.41, 5.74) is 1.85. The third-order valence-electron chi connectivity index (χ3n) is 4.18. The summed E-state index contributed by atoms with van der Waals surface area (Å²) in [5, 5.41) is 10.2. The monoisotopic (exact) mass is 223 g/mol. The van der Waals surface area contributed by atoms with Gasteiger partial charge in [-0.2, -0.15) is 0 Å². The van der Waals surface area contributed by atoms with Gasteiger partial charge in [0.25, 0.3) is 0 Å². The number of hydrogen-bond acceptors (Lipinski definition) is 3. The molecule has 4 unspecified atom stereocenters. The van der Waals surface area contributed by atoms with Crippen LogP contribution in [0, 0.1) is 17.8 Å². The summed E-state index contributed by atoms with van der Waals surface area (Å²) in [5.74, 6) is 2.32. The molecular formula is C12H17NOS. The molecule has 1 aromatic heterocycles. The van der Waals surface area contributed by atoms with Crippen LogP contribution in [0.5, 0.6) is 0 Å². The van der Waals surface area contributed by atoms with E-state index >= 15 is 0 Å². The van der Waals surface area contributed by atoms with Crippen molar-refractivity contribution < 1.29 is 5.11 Å². The van der Waals surface area contributed by atoms with Gasteiger partial charge in [-0.1, -0.05) is 6.42 Å². The lowest BCUT2D eigenvalue weighted by atomic mass is 9.83. The van der Waals surface area contributed by atoms with Crippen LogP contribution in [-0.2, 0) is 6.42 Å². The van der Waals surface area contributed by atoms with Crippen LogP contribution >= 0.6 is 11.3 Å². The Kier molecular flexibility index (Phi) is 2.53. The Hall–Kier alpha value is -0.410. The van der Waals surface area contributed by atoms with Crippen molar-refractivity contribution in [1.29, 1.82) is 0 Å². The van der Waals surface area contributed by atoms with E-state index < -0.39 is 0 Å². The Balaban J connectivity index is 1.63. The highest BCUT2D eigenvalue weighted by Crippen LogP contribution is 2.49. The van der Waals surface area contributed by atoms with E-state index in [1.54, 1.807) is 11.3 Å². The molecule has 2 fully saturated rings. The molecule has 0 aliphatic heterocycles. The molecule has 0 spiro atoms. The van der Waals surface area contributed by atoms with E-state index in [2.05, 4.69) is 4.98 Å². The van der Waals surface area contributed by atoms with Crippen molar-refractivity contribution in [2.45, 2.75) is 38.2 Å². The minimum atomic E-state index is -0.124. The normalized spacial score (nSPS) is 35.9. The number of thiazole rings is 1. The fourth-order valence-electron chi connectivity index (χ4n) is 3.47. The van der Waals surface area contributed by atoms with E-state index in [0.29, 0.717) is 5.92 Å². The van der Waals surface area contributed by atoms with Gasteiger partial charge in [0.1, 0.15) is 0 Å². The molecular weight excluding hydrogens is 206 g/mol. The maximum absolute atomic E-state index is 10.2. The van der Waals surface area contributed by atoms with Crippen molar-refractivity contribution in [2.75, 3.05) is 0 Å². The van der Waals surface area contributed by atoms with Crippen LogP contribution in [0.15, 0.2) is 11.7 Å². The standard InChI is InChI=1S/C12H17NOS/c14-12(5-10-6-13-7-15-10)11-4-8-1-2-9(11)3-8/h6-9,11-12,14H,1-5H2. The second kappa shape index (κ2) is 3.87. The summed E-state index contributed by atoms with van der Waals surface area (Å²) in [7, 11) is 0. The zero-order valence-electron chi connectivity index (χ0n) is 8.80.